The molecule has 4 nitrogen and oxygen atoms in total. The molecule has 0 atom stereocenters. The van der Waals surface area contributed by atoms with Gasteiger partial charge in [-0.3, -0.25) is 0 Å². The van der Waals surface area contributed by atoms with E-state index in [1.54, 1.807) is 6.92 Å². The Morgan fingerprint density at radius 3 is 2.33 bits per heavy atom. The minimum atomic E-state index is 0.0694. The average molecular weight is 89.1 g/mol. The Hall–Kier alpha value is -0.800. The van der Waals surface area contributed by atoms with Gasteiger partial charge in [0.15, 0.2) is 6.54 Å². The largest absolute Gasteiger partial charge is 0.739 e. The van der Waals surface area contributed by atoms with Gasteiger partial charge >= 0.3 is 0 Å². The molecule has 0 fully saturated rings. The van der Waals surface area contributed by atoms with E-state index in [0.717, 1.165) is 0 Å². The summed E-state index contributed by atoms with van der Waals surface area (Å²) in [5.74, 6) is 0. The Morgan fingerprint density at radius 1 is 1.83 bits per heavy atom. The van der Waals surface area contributed by atoms with Gasteiger partial charge in [0.2, 0.25) is 0 Å². The van der Waals surface area contributed by atoms with Crippen molar-refractivity contribution in [3.63, 3.8) is 0 Å². The molecule has 0 aliphatic rings. The number of hydrogen-bond donors (Lipinski definition) is 0. The van der Waals surface area contributed by atoms with Gasteiger partial charge in [-0.15, -0.1) is 0 Å². The fourth-order valence-corrected chi connectivity index (χ4v) is 0.0577. The summed E-state index contributed by atoms with van der Waals surface area (Å²) in [6.45, 7) is 1.68. The molecule has 36 valence electrons. The normalized spacial score (nSPS) is 11.8. The van der Waals surface area contributed by atoms with Crippen LogP contribution in [0.4, 0.5) is 0 Å². The van der Waals surface area contributed by atoms with Crippen LogP contribution in [0.5, 0.6) is 0 Å². The van der Waals surface area contributed by atoms with Crippen LogP contribution in [-0.2, 0) is 0 Å². The van der Waals surface area contributed by atoms with Crippen molar-refractivity contribution in [3.05, 3.63) is 10.4 Å². The second-order valence-electron chi connectivity index (χ2n) is 0.750. The summed E-state index contributed by atoms with van der Waals surface area (Å²) in [5.41, 5.74) is 0. The van der Waals surface area contributed by atoms with E-state index < -0.39 is 0 Å². The molecule has 0 amide bonds. The number of hydroxylamine groups is 1. The molecule has 4 heteroatoms. The smallest absolute Gasteiger partial charge is 0.177 e. The first kappa shape index (κ1) is 5.20. The van der Waals surface area contributed by atoms with E-state index in [-0.39, 0.29) is 11.4 Å². The molecule has 0 aliphatic heterocycles. The van der Waals surface area contributed by atoms with Crippen LogP contribution in [0.25, 0.3) is 0 Å². The maximum Gasteiger partial charge on any atom is 0.177 e. The highest BCUT2D eigenvalue weighted by Gasteiger charge is 1.73. The third-order valence-electron chi connectivity index (χ3n) is 0.362. The second-order valence-corrected chi connectivity index (χ2v) is 0.750. The van der Waals surface area contributed by atoms with E-state index in [9.17, 15) is 5.21 Å². The molecule has 0 aliphatic carbocycles. The molecule has 0 bridgehead atoms. The maximum absolute atomic E-state index is 9.62. The third kappa shape index (κ3) is 1.51. The molecule has 0 aromatic carbocycles. The first-order valence-electron chi connectivity index (χ1n) is 1.59. The van der Waals surface area contributed by atoms with Gasteiger partial charge in [-0.1, -0.05) is 4.86 Å². The molecule has 0 saturated heterocycles. The standard InChI is InChI=1S/C2H6N2O2/c1-2-4(6)3-5/h5H,2H2,1H3/p-1. The molecule has 0 rings (SSSR count). The Labute approximate surface area is 35.3 Å². The fraction of sp³-hybridized carbons (Fsp3) is 1.00. The van der Waals surface area contributed by atoms with Crippen molar-refractivity contribution in [2.45, 2.75) is 6.92 Å². The average Bonchev–Trinajstić information content (AvgIpc) is 1.65. The van der Waals surface area contributed by atoms with Gasteiger partial charge in [0.25, 0.3) is 0 Å². The van der Waals surface area contributed by atoms with Gasteiger partial charge in [-0.25, -0.2) is 0 Å². The number of nitrogens with zero attached hydrogens (tertiary/aromatic N) is 2. The molecule has 0 saturated carbocycles. The highest BCUT2D eigenvalue weighted by molar-refractivity contribution is 4.14. The molecule has 0 aromatic heterocycles. The van der Waals surface area contributed by atoms with E-state index in [4.69, 9.17) is 5.21 Å². The highest BCUT2D eigenvalue weighted by Crippen LogP contribution is 1.67. The van der Waals surface area contributed by atoms with Crippen LogP contribution in [0.2, 0.25) is 0 Å². The summed E-state index contributed by atoms with van der Waals surface area (Å²) in [6.07, 6.45) is 0. The maximum atomic E-state index is 9.62. The van der Waals surface area contributed by atoms with Gasteiger partial charge in [0, 0.05) is 0 Å². The molecule has 6 heavy (non-hydrogen) atoms. The molecule has 0 heterocycles. The van der Waals surface area contributed by atoms with Crippen LogP contribution in [0.15, 0.2) is 5.28 Å². The summed E-state index contributed by atoms with van der Waals surface area (Å²) in [7, 11) is 0. The van der Waals surface area contributed by atoms with Crippen LogP contribution in [0.3, 0.4) is 0 Å². The Morgan fingerprint density at radius 2 is 2.33 bits per heavy atom. The Balaban J connectivity index is 3.22. The van der Waals surface area contributed by atoms with Crippen LogP contribution in [0.1, 0.15) is 6.92 Å². The fourth-order valence-electron chi connectivity index (χ4n) is 0.0577. The van der Waals surface area contributed by atoms with E-state index in [0.29, 0.717) is 0 Å². The molecular weight excluding hydrogens is 84.0 g/mol. The second kappa shape index (κ2) is 2.44. The third-order valence-corrected chi connectivity index (χ3v) is 0.362. The van der Waals surface area contributed by atoms with Crippen LogP contribution in [-0.4, -0.2) is 11.4 Å². The SMILES string of the molecule is CC[N+]([O-])=N[O-]. The zero-order valence-electron chi connectivity index (χ0n) is 3.42. The van der Waals surface area contributed by atoms with Crippen molar-refractivity contribution in [2.24, 2.45) is 5.28 Å². The van der Waals surface area contributed by atoms with Crippen molar-refractivity contribution < 1.29 is 4.86 Å². The van der Waals surface area contributed by atoms with Gasteiger partial charge < -0.3 is 10.4 Å². The monoisotopic (exact) mass is 89.0 g/mol. The van der Waals surface area contributed by atoms with Crippen LogP contribution < -0.4 is 0 Å². The molecular formula is C2H5N2O2-. The lowest BCUT2D eigenvalue weighted by atomic mass is 10.8. The summed E-state index contributed by atoms with van der Waals surface area (Å²) in [5, 5.41) is 20.8. The first-order valence-corrected chi connectivity index (χ1v) is 1.59. The minimum Gasteiger partial charge on any atom is -0.739 e. The minimum absolute atomic E-state index is 0.0694. The lowest BCUT2D eigenvalue weighted by molar-refractivity contribution is -0.522. The van der Waals surface area contributed by atoms with Crippen molar-refractivity contribution in [3.8, 4) is 0 Å². The van der Waals surface area contributed by atoms with Crippen molar-refractivity contribution >= 4 is 0 Å². The molecule has 0 spiro atoms. The van der Waals surface area contributed by atoms with Gasteiger partial charge in [0.05, 0.1) is 0 Å². The van der Waals surface area contributed by atoms with E-state index in [2.05, 4.69) is 0 Å². The summed E-state index contributed by atoms with van der Waals surface area (Å²) in [4.78, 5) is 0.0694. The van der Waals surface area contributed by atoms with Crippen LogP contribution >= 0.6 is 0 Å². The number of rotatable bonds is 1. The predicted molar refractivity (Wildman–Crippen MR) is 20.0 cm³/mol. The zero-order valence-corrected chi connectivity index (χ0v) is 3.42. The number of hydrogen-bond acceptors (Lipinski definition) is 3. The Bertz CT molecular complexity index is 60.6. The molecule has 0 radical (unpaired) electrons. The Kier molecular flexibility index (Phi) is 2.11. The molecule has 0 aromatic rings. The van der Waals surface area contributed by atoms with Gasteiger partial charge in [-0.05, 0) is 12.2 Å². The van der Waals surface area contributed by atoms with E-state index >= 15 is 0 Å². The first-order chi connectivity index (χ1) is 2.81. The predicted octanol–water partition coefficient (Wildman–Crippen LogP) is 0.467. The zero-order chi connectivity index (χ0) is 4.99. The summed E-state index contributed by atoms with van der Waals surface area (Å²) < 4.78 is 0. The van der Waals surface area contributed by atoms with E-state index in [1.807, 2.05) is 5.28 Å². The quantitative estimate of drug-likeness (QED) is 0.266. The lowest BCUT2D eigenvalue weighted by Crippen LogP contribution is -1.94. The van der Waals surface area contributed by atoms with Crippen molar-refractivity contribution in [1.29, 1.82) is 0 Å². The highest BCUT2D eigenvalue weighted by atomic mass is 16.6. The van der Waals surface area contributed by atoms with Crippen LogP contribution in [0, 0.1) is 10.4 Å². The topological polar surface area (TPSA) is 61.5 Å². The van der Waals surface area contributed by atoms with E-state index in [1.165, 1.54) is 0 Å². The molecule has 0 N–H and O–H groups in total. The van der Waals surface area contributed by atoms with Gasteiger partial charge in [-0.2, -0.15) is 0 Å². The summed E-state index contributed by atoms with van der Waals surface area (Å²) >= 11 is 0. The van der Waals surface area contributed by atoms with Gasteiger partial charge in [0.1, 0.15) is 0 Å². The van der Waals surface area contributed by atoms with Crippen molar-refractivity contribution in [2.75, 3.05) is 6.54 Å². The molecule has 0 unspecified atom stereocenters. The van der Waals surface area contributed by atoms with Crippen molar-refractivity contribution in [1.82, 2.24) is 0 Å². The lowest BCUT2D eigenvalue weighted by Gasteiger charge is -1.94. The summed E-state index contributed by atoms with van der Waals surface area (Å²) in [6, 6.07) is 0.